The molecule has 0 spiro atoms. The Morgan fingerprint density at radius 2 is 2.00 bits per heavy atom. The van der Waals surface area contributed by atoms with E-state index in [1.165, 1.54) is 6.26 Å². The van der Waals surface area contributed by atoms with E-state index in [1.807, 2.05) is 20.8 Å². The monoisotopic (exact) mass is 126 g/mol. The van der Waals surface area contributed by atoms with Gasteiger partial charge in [-0.1, -0.05) is 13.2 Å². The zero-order valence-corrected chi connectivity index (χ0v) is 6.40. The van der Waals surface area contributed by atoms with Gasteiger partial charge in [0, 0.05) is 0 Å². The minimum Gasteiger partial charge on any atom is -0.492 e. The molecule has 0 unspecified atom stereocenters. The minimum atomic E-state index is -0.262. The van der Waals surface area contributed by atoms with Crippen molar-refractivity contribution >= 4 is 0 Å². The molecule has 0 aliphatic rings. The standard InChI is InChI=1S/C8H14O/c1-6-9-8(4,5)7(2)3/h6H,1-2H2,3-5H3. The molecule has 9 heavy (non-hydrogen) atoms. The van der Waals surface area contributed by atoms with Gasteiger partial charge in [-0.15, -0.1) is 0 Å². The van der Waals surface area contributed by atoms with Crippen molar-refractivity contribution < 1.29 is 4.74 Å². The largest absolute Gasteiger partial charge is 0.492 e. The number of rotatable bonds is 3. The third kappa shape index (κ3) is 2.36. The molecule has 0 bridgehead atoms. The first-order chi connectivity index (χ1) is 4.00. The van der Waals surface area contributed by atoms with Crippen LogP contribution in [0.5, 0.6) is 0 Å². The van der Waals surface area contributed by atoms with Crippen molar-refractivity contribution in [3.8, 4) is 0 Å². The lowest BCUT2D eigenvalue weighted by molar-refractivity contribution is 0.0945. The first-order valence-electron chi connectivity index (χ1n) is 2.95. The highest BCUT2D eigenvalue weighted by atomic mass is 16.5. The Balaban J connectivity index is 4.00. The van der Waals surface area contributed by atoms with Crippen LogP contribution in [-0.2, 0) is 4.74 Å². The van der Waals surface area contributed by atoms with E-state index in [9.17, 15) is 0 Å². The molecule has 0 aliphatic carbocycles. The fourth-order valence-corrected chi connectivity index (χ4v) is 0.309. The smallest absolute Gasteiger partial charge is 0.123 e. The fourth-order valence-electron chi connectivity index (χ4n) is 0.309. The normalized spacial score (nSPS) is 10.6. The summed E-state index contributed by atoms with van der Waals surface area (Å²) in [5, 5.41) is 0. The highest BCUT2D eigenvalue weighted by Crippen LogP contribution is 2.17. The first kappa shape index (κ1) is 8.28. The van der Waals surface area contributed by atoms with Crippen LogP contribution in [0, 0.1) is 0 Å². The predicted octanol–water partition coefficient (Wildman–Crippen LogP) is 2.50. The Morgan fingerprint density at radius 1 is 1.56 bits per heavy atom. The molecule has 0 aromatic heterocycles. The summed E-state index contributed by atoms with van der Waals surface area (Å²) in [6, 6.07) is 0. The van der Waals surface area contributed by atoms with Gasteiger partial charge in [-0.25, -0.2) is 0 Å². The molecule has 0 saturated carbocycles. The van der Waals surface area contributed by atoms with Gasteiger partial charge in [-0.2, -0.15) is 0 Å². The molecule has 1 heteroatoms. The molecule has 52 valence electrons. The highest BCUT2D eigenvalue weighted by molar-refractivity contribution is 5.05. The number of hydrogen-bond acceptors (Lipinski definition) is 1. The molecule has 1 nitrogen and oxygen atoms in total. The van der Waals surface area contributed by atoms with E-state index in [-0.39, 0.29) is 5.60 Å². The van der Waals surface area contributed by atoms with Gasteiger partial charge in [-0.05, 0) is 26.3 Å². The maximum absolute atomic E-state index is 5.16. The zero-order chi connectivity index (χ0) is 7.49. The van der Waals surface area contributed by atoms with Crippen LogP contribution in [0.2, 0.25) is 0 Å². The third-order valence-electron chi connectivity index (χ3n) is 1.41. The fraction of sp³-hybridized carbons (Fsp3) is 0.500. The van der Waals surface area contributed by atoms with Crippen LogP contribution in [0.25, 0.3) is 0 Å². The zero-order valence-electron chi connectivity index (χ0n) is 6.40. The SMILES string of the molecule is C=COC(C)(C)C(=C)C. The molecule has 0 atom stereocenters. The van der Waals surface area contributed by atoms with Gasteiger partial charge in [0.2, 0.25) is 0 Å². The molecule has 0 radical (unpaired) electrons. The summed E-state index contributed by atoms with van der Waals surface area (Å²) >= 11 is 0. The van der Waals surface area contributed by atoms with E-state index in [2.05, 4.69) is 13.2 Å². The second-order valence-electron chi connectivity index (χ2n) is 2.58. The van der Waals surface area contributed by atoms with Crippen LogP contribution in [-0.4, -0.2) is 5.60 Å². The molecule has 0 heterocycles. The molecule has 0 fully saturated rings. The summed E-state index contributed by atoms with van der Waals surface area (Å²) in [6.07, 6.45) is 1.44. The Labute approximate surface area is 57.0 Å². The average molecular weight is 126 g/mol. The molecule has 0 rings (SSSR count). The topological polar surface area (TPSA) is 9.23 Å². The van der Waals surface area contributed by atoms with Gasteiger partial charge in [0.25, 0.3) is 0 Å². The van der Waals surface area contributed by atoms with Crippen molar-refractivity contribution in [2.75, 3.05) is 0 Å². The Hall–Kier alpha value is -0.720. The third-order valence-corrected chi connectivity index (χ3v) is 1.41. The van der Waals surface area contributed by atoms with Crippen molar-refractivity contribution in [1.29, 1.82) is 0 Å². The van der Waals surface area contributed by atoms with E-state index in [0.717, 1.165) is 5.57 Å². The average Bonchev–Trinajstić information content (AvgIpc) is 1.65. The van der Waals surface area contributed by atoms with Crippen LogP contribution in [0.3, 0.4) is 0 Å². The predicted molar refractivity (Wildman–Crippen MR) is 40.2 cm³/mol. The molecule has 0 aliphatic heterocycles. The summed E-state index contributed by atoms with van der Waals surface area (Å²) < 4.78 is 5.16. The second kappa shape index (κ2) is 2.72. The molecular weight excluding hydrogens is 112 g/mol. The van der Waals surface area contributed by atoms with Crippen LogP contribution >= 0.6 is 0 Å². The van der Waals surface area contributed by atoms with Gasteiger partial charge in [0.15, 0.2) is 0 Å². The van der Waals surface area contributed by atoms with Crippen molar-refractivity contribution in [2.24, 2.45) is 0 Å². The van der Waals surface area contributed by atoms with Gasteiger partial charge < -0.3 is 4.74 Å². The summed E-state index contributed by atoms with van der Waals surface area (Å²) in [7, 11) is 0. The van der Waals surface area contributed by atoms with Crippen LogP contribution < -0.4 is 0 Å². The lowest BCUT2D eigenvalue weighted by Crippen LogP contribution is -2.22. The molecule has 0 aromatic carbocycles. The molecule has 0 saturated heterocycles. The Morgan fingerprint density at radius 3 is 2.11 bits per heavy atom. The summed E-state index contributed by atoms with van der Waals surface area (Å²) in [6.45, 7) is 13.1. The van der Waals surface area contributed by atoms with Crippen molar-refractivity contribution in [1.82, 2.24) is 0 Å². The van der Waals surface area contributed by atoms with Gasteiger partial charge >= 0.3 is 0 Å². The van der Waals surface area contributed by atoms with Gasteiger partial charge in [0.05, 0.1) is 6.26 Å². The van der Waals surface area contributed by atoms with Gasteiger partial charge in [0.1, 0.15) is 5.60 Å². The number of hydrogen-bond donors (Lipinski definition) is 0. The van der Waals surface area contributed by atoms with Crippen LogP contribution in [0.15, 0.2) is 25.0 Å². The maximum atomic E-state index is 5.16. The quantitative estimate of drug-likeness (QED) is 0.417. The van der Waals surface area contributed by atoms with E-state index >= 15 is 0 Å². The highest BCUT2D eigenvalue weighted by Gasteiger charge is 2.17. The van der Waals surface area contributed by atoms with Crippen LogP contribution in [0.1, 0.15) is 20.8 Å². The molecule has 0 aromatic rings. The van der Waals surface area contributed by atoms with Gasteiger partial charge in [-0.3, -0.25) is 0 Å². The van der Waals surface area contributed by atoms with Crippen molar-refractivity contribution in [2.45, 2.75) is 26.4 Å². The molecular formula is C8H14O. The number of ether oxygens (including phenoxy) is 1. The second-order valence-corrected chi connectivity index (χ2v) is 2.58. The maximum Gasteiger partial charge on any atom is 0.123 e. The van der Waals surface area contributed by atoms with Crippen molar-refractivity contribution in [3.63, 3.8) is 0 Å². The minimum absolute atomic E-state index is 0.262. The Kier molecular flexibility index (Phi) is 2.50. The van der Waals surface area contributed by atoms with E-state index < -0.39 is 0 Å². The summed E-state index contributed by atoms with van der Waals surface area (Å²) in [5.41, 5.74) is 0.740. The summed E-state index contributed by atoms with van der Waals surface area (Å²) in [5.74, 6) is 0. The lowest BCUT2D eigenvalue weighted by atomic mass is 10.0. The van der Waals surface area contributed by atoms with Crippen molar-refractivity contribution in [3.05, 3.63) is 25.0 Å². The molecule has 0 amide bonds. The Bertz CT molecular complexity index is 123. The summed E-state index contributed by atoms with van der Waals surface area (Å²) in [4.78, 5) is 0. The van der Waals surface area contributed by atoms with E-state index in [0.29, 0.717) is 0 Å². The lowest BCUT2D eigenvalue weighted by Gasteiger charge is -2.23. The van der Waals surface area contributed by atoms with E-state index in [4.69, 9.17) is 4.74 Å². The first-order valence-corrected chi connectivity index (χ1v) is 2.95. The van der Waals surface area contributed by atoms with E-state index in [1.54, 1.807) is 0 Å². The van der Waals surface area contributed by atoms with Crippen LogP contribution in [0.4, 0.5) is 0 Å². The molecule has 0 N–H and O–H groups in total.